The first-order valence-electron chi connectivity index (χ1n) is 10.0. The van der Waals surface area contributed by atoms with Gasteiger partial charge in [0.25, 0.3) is 0 Å². The summed E-state index contributed by atoms with van der Waals surface area (Å²) in [4.78, 5) is 23.1. The summed E-state index contributed by atoms with van der Waals surface area (Å²) in [6.07, 6.45) is 3.73. The first-order chi connectivity index (χ1) is 14.7. The lowest BCUT2D eigenvalue weighted by atomic mass is 10.1. The van der Waals surface area contributed by atoms with Gasteiger partial charge >= 0.3 is 0 Å². The maximum Gasteiger partial charge on any atom is 0.238 e. The number of nitrogens with zero attached hydrogens (tertiary/aromatic N) is 2. The molecule has 2 heterocycles. The summed E-state index contributed by atoms with van der Waals surface area (Å²) in [5, 5.41) is 6.82. The second-order valence-corrected chi connectivity index (χ2v) is 9.52. The molecule has 1 saturated carbocycles. The number of nitrogens with one attached hydrogen (secondary N) is 1. The summed E-state index contributed by atoms with van der Waals surface area (Å²) in [7, 11) is 0. The predicted octanol–water partition coefficient (Wildman–Crippen LogP) is 5.78. The number of rotatable bonds is 6. The van der Waals surface area contributed by atoms with Gasteiger partial charge in [0.2, 0.25) is 5.91 Å². The molecule has 5 rings (SSSR count). The van der Waals surface area contributed by atoms with Crippen LogP contribution in [-0.4, -0.2) is 21.9 Å². The zero-order valence-corrected chi connectivity index (χ0v) is 18.2. The molecule has 6 heteroatoms. The molecular weight excluding hydrogens is 410 g/mol. The van der Waals surface area contributed by atoms with E-state index in [0.29, 0.717) is 6.04 Å². The second kappa shape index (κ2) is 8.20. The normalized spacial score (nSPS) is 14.6. The highest BCUT2D eigenvalue weighted by atomic mass is 32.2. The molecule has 0 radical (unpaired) electrons. The number of thioether (sulfide) groups is 1. The summed E-state index contributed by atoms with van der Waals surface area (Å²) < 4.78 is 0. The van der Waals surface area contributed by atoms with Crippen molar-refractivity contribution in [1.82, 2.24) is 15.3 Å². The van der Waals surface area contributed by atoms with E-state index in [1.807, 2.05) is 30.3 Å². The number of hydrogen-bond donors (Lipinski definition) is 1. The highest BCUT2D eigenvalue weighted by molar-refractivity contribution is 8.00. The molecule has 0 unspecified atom stereocenters. The Labute approximate surface area is 183 Å². The molecule has 30 heavy (non-hydrogen) atoms. The lowest BCUT2D eigenvalue weighted by Crippen LogP contribution is -2.29. The van der Waals surface area contributed by atoms with Gasteiger partial charge in [-0.25, -0.2) is 9.97 Å². The molecule has 0 spiro atoms. The smallest absolute Gasteiger partial charge is 0.238 e. The third-order valence-corrected chi connectivity index (χ3v) is 7.33. The summed E-state index contributed by atoms with van der Waals surface area (Å²) in [6, 6.07) is 18.8. The van der Waals surface area contributed by atoms with Crippen LogP contribution in [0.3, 0.4) is 0 Å². The van der Waals surface area contributed by atoms with Crippen LogP contribution in [0.2, 0.25) is 0 Å². The average molecular weight is 432 g/mol. The van der Waals surface area contributed by atoms with Crippen LogP contribution in [-0.2, 0) is 4.79 Å². The fourth-order valence-electron chi connectivity index (χ4n) is 3.40. The van der Waals surface area contributed by atoms with Gasteiger partial charge in [0.05, 0.1) is 5.39 Å². The highest BCUT2D eigenvalue weighted by Crippen LogP contribution is 2.43. The molecule has 0 bridgehead atoms. The number of hydrogen-bond acceptors (Lipinski definition) is 5. The van der Waals surface area contributed by atoms with Crippen molar-refractivity contribution in [2.75, 3.05) is 0 Å². The predicted molar refractivity (Wildman–Crippen MR) is 124 cm³/mol. The van der Waals surface area contributed by atoms with Crippen molar-refractivity contribution < 1.29 is 4.79 Å². The summed E-state index contributed by atoms with van der Waals surface area (Å²) in [5.74, 6) is 0.0487. The van der Waals surface area contributed by atoms with Crippen LogP contribution in [0, 0.1) is 6.92 Å². The zero-order chi connectivity index (χ0) is 20.5. The first-order valence-corrected chi connectivity index (χ1v) is 11.8. The van der Waals surface area contributed by atoms with E-state index in [2.05, 4.69) is 51.9 Å². The van der Waals surface area contributed by atoms with E-state index in [0.717, 1.165) is 44.8 Å². The van der Waals surface area contributed by atoms with E-state index in [-0.39, 0.29) is 11.2 Å². The van der Waals surface area contributed by atoms with Crippen LogP contribution in [0.5, 0.6) is 0 Å². The van der Waals surface area contributed by atoms with Crippen molar-refractivity contribution in [3.63, 3.8) is 0 Å². The summed E-state index contributed by atoms with van der Waals surface area (Å²) in [5.41, 5.74) is 4.47. The number of carbonyl (C=O) groups excluding carboxylic acids is 1. The van der Waals surface area contributed by atoms with Gasteiger partial charge < -0.3 is 5.32 Å². The van der Waals surface area contributed by atoms with Crippen molar-refractivity contribution in [3.8, 4) is 11.1 Å². The van der Waals surface area contributed by atoms with Crippen LogP contribution in [0.25, 0.3) is 21.3 Å². The van der Waals surface area contributed by atoms with Gasteiger partial charge in [-0.2, -0.15) is 0 Å². The van der Waals surface area contributed by atoms with Gasteiger partial charge in [-0.05, 0) is 30.9 Å². The quantitative estimate of drug-likeness (QED) is 0.311. The molecule has 1 aliphatic carbocycles. The van der Waals surface area contributed by atoms with Crippen LogP contribution in [0.15, 0.2) is 71.3 Å². The lowest BCUT2D eigenvalue weighted by Gasteiger charge is -2.17. The van der Waals surface area contributed by atoms with E-state index in [4.69, 9.17) is 0 Å². The van der Waals surface area contributed by atoms with E-state index in [1.165, 1.54) is 17.3 Å². The Hall–Kier alpha value is -2.70. The number of amides is 1. The minimum atomic E-state index is -0.351. The first kappa shape index (κ1) is 19.3. The third-order valence-electron chi connectivity index (χ3n) is 5.19. The van der Waals surface area contributed by atoms with Gasteiger partial charge in [-0.3, -0.25) is 4.79 Å². The molecule has 150 valence electrons. The molecule has 1 N–H and O–H groups in total. The average Bonchev–Trinajstić information content (AvgIpc) is 3.48. The Bertz CT molecular complexity index is 1180. The van der Waals surface area contributed by atoms with Gasteiger partial charge in [0.1, 0.15) is 21.4 Å². The van der Waals surface area contributed by atoms with Gasteiger partial charge in [0.15, 0.2) is 0 Å². The van der Waals surface area contributed by atoms with Crippen molar-refractivity contribution in [2.45, 2.75) is 36.1 Å². The Balaban J connectivity index is 1.56. The molecule has 4 aromatic rings. The molecule has 1 aliphatic rings. The Kier molecular flexibility index (Phi) is 5.27. The van der Waals surface area contributed by atoms with Crippen molar-refractivity contribution in [2.24, 2.45) is 0 Å². The molecule has 1 fully saturated rings. The maximum atomic E-state index is 13.1. The fraction of sp³-hybridized carbons (Fsp3) is 0.208. The SMILES string of the molecule is Cc1ccc(-c2csc3ncnc(S[C@@H](C(=O)NC4CC4)c4ccccc4)c23)cc1. The van der Waals surface area contributed by atoms with Crippen molar-refractivity contribution in [3.05, 3.63) is 77.4 Å². The fourth-order valence-corrected chi connectivity index (χ4v) is 5.50. The number of fused-ring (bicyclic) bond motifs is 1. The molecule has 4 nitrogen and oxygen atoms in total. The van der Waals surface area contributed by atoms with E-state index < -0.39 is 0 Å². The van der Waals surface area contributed by atoms with E-state index in [9.17, 15) is 4.79 Å². The van der Waals surface area contributed by atoms with Crippen LogP contribution in [0.1, 0.15) is 29.2 Å². The Morgan fingerprint density at radius 2 is 1.87 bits per heavy atom. The Morgan fingerprint density at radius 3 is 2.60 bits per heavy atom. The molecule has 1 amide bonds. The minimum Gasteiger partial charge on any atom is -0.352 e. The molecule has 1 atom stereocenters. The van der Waals surface area contributed by atoms with Crippen molar-refractivity contribution in [1.29, 1.82) is 0 Å². The maximum absolute atomic E-state index is 13.1. The number of aromatic nitrogens is 2. The minimum absolute atomic E-state index is 0.0487. The van der Waals surface area contributed by atoms with Gasteiger partial charge in [0, 0.05) is 17.0 Å². The number of carbonyl (C=O) groups is 1. The number of benzene rings is 2. The standard InChI is InChI=1S/C24H21N3OS2/c1-15-7-9-16(10-8-15)19-13-29-23-20(19)24(26-14-25-23)30-21(17-5-3-2-4-6-17)22(28)27-18-11-12-18/h2-10,13-14,18,21H,11-12H2,1H3,(H,27,28)/t21-/m1/s1. The number of aryl methyl sites for hydroxylation is 1. The molecule has 2 aromatic carbocycles. The second-order valence-electron chi connectivity index (χ2n) is 7.57. The third kappa shape index (κ3) is 3.98. The van der Waals surface area contributed by atoms with E-state index >= 15 is 0 Å². The van der Waals surface area contributed by atoms with Gasteiger partial charge in [-0.1, -0.05) is 71.9 Å². The molecule has 2 aromatic heterocycles. The summed E-state index contributed by atoms with van der Waals surface area (Å²) >= 11 is 3.12. The topological polar surface area (TPSA) is 54.9 Å². The van der Waals surface area contributed by atoms with E-state index in [1.54, 1.807) is 17.7 Å². The monoisotopic (exact) mass is 431 g/mol. The van der Waals surface area contributed by atoms with Crippen molar-refractivity contribution >= 4 is 39.2 Å². The molecular formula is C24H21N3OS2. The lowest BCUT2D eigenvalue weighted by molar-refractivity contribution is -0.120. The highest BCUT2D eigenvalue weighted by Gasteiger charge is 2.30. The van der Waals surface area contributed by atoms with Crippen LogP contribution >= 0.6 is 23.1 Å². The summed E-state index contributed by atoms with van der Waals surface area (Å²) in [6.45, 7) is 2.09. The largest absolute Gasteiger partial charge is 0.352 e. The molecule has 0 aliphatic heterocycles. The molecule has 0 saturated heterocycles. The zero-order valence-electron chi connectivity index (χ0n) is 16.5. The van der Waals surface area contributed by atoms with Crippen LogP contribution < -0.4 is 5.32 Å². The number of thiophene rings is 1. The van der Waals surface area contributed by atoms with Crippen LogP contribution in [0.4, 0.5) is 0 Å². The Morgan fingerprint density at radius 1 is 1.10 bits per heavy atom. The van der Waals surface area contributed by atoms with Gasteiger partial charge in [-0.15, -0.1) is 11.3 Å².